The van der Waals surface area contributed by atoms with Gasteiger partial charge >= 0.3 is 0 Å². The van der Waals surface area contributed by atoms with Crippen molar-refractivity contribution in [3.8, 4) is 0 Å². The van der Waals surface area contributed by atoms with Gasteiger partial charge in [0.1, 0.15) is 0 Å². The summed E-state index contributed by atoms with van der Waals surface area (Å²) in [5, 5.41) is 0. The van der Waals surface area contributed by atoms with Gasteiger partial charge in [0, 0.05) is 39.1 Å². The van der Waals surface area contributed by atoms with E-state index < -0.39 is 0 Å². The minimum absolute atomic E-state index is 0.0324. The van der Waals surface area contributed by atoms with Crippen LogP contribution in [-0.4, -0.2) is 95.4 Å². The first-order valence-electron chi connectivity index (χ1n) is 28.5. The Morgan fingerprint density at radius 2 is 1.44 bits per heavy atom. The van der Waals surface area contributed by atoms with Gasteiger partial charge in [0.2, 0.25) is 0 Å². The minimum Gasteiger partial charge on any atom is -0.379 e. The molecule has 6 aliphatic rings. The third-order valence-electron chi connectivity index (χ3n) is 18.1. The van der Waals surface area contributed by atoms with Gasteiger partial charge in [-0.25, -0.2) is 0 Å². The molecule has 0 radical (unpaired) electrons. The smallest absolute Gasteiger partial charge is 0.170 e. The van der Waals surface area contributed by atoms with E-state index in [4.69, 9.17) is 28.4 Å². The summed E-state index contributed by atoms with van der Waals surface area (Å²) in [6, 6.07) is 0. The molecule has 5 fully saturated rings. The Morgan fingerprint density at radius 1 is 0.712 bits per heavy atom. The van der Waals surface area contributed by atoms with Crippen molar-refractivity contribution < 1.29 is 28.4 Å². The van der Waals surface area contributed by atoms with Crippen LogP contribution in [0, 0.1) is 46.3 Å². The predicted molar refractivity (Wildman–Crippen MR) is 274 cm³/mol. The van der Waals surface area contributed by atoms with Crippen LogP contribution in [0.5, 0.6) is 0 Å². The van der Waals surface area contributed by atoms with E-state index in [-0.39, 0.29) is 11.9 Å². The van der Waals surface area contributed by atoms with Crippen LogP contribution in [-0.2, 0) is 28.4 Å². The van der Waals surface area contributed by atoms with Crippen molar-refractivity contribution in [1.82, 2.24) is 4.90 Å². The SMILES string of the molecule is CCCCC/C=C\C/C=C\CCCCCCCCOCC(CN1CCC2(CC1)OCCO2)OCCOCCO[C@H]1CC[C@@]2(C)C(=CCC3C2CC[C@@]2(C)C3CC[C@@H]2[C@H](C)CCCC(C)C)C1. The molecular weight excluding hydrogens is 819 g/mol. The molecule has 2 heterocycles. The number of hydrogen-bond acceptors (Lipinski definition) is 7. The van der Waals surface area contributed by atoms with Gasteiger partial charge in [-0.2, -0.15) is 0 Å². The maximum Gasteiger partial charge on any atom is 0.170 e. The van der Waals surface area contributed by atoms with Crippen LogP contribution in [0.1, 0.15) is 202 Å². The molecule has 6 rings (SSSR count). The summed E-state index contributed by atoms with van der Waals surface area (Å²) in [7, 11) is 0. The average molecular weight is 922 g/mol. The Hall–Kier alpha value is -1.06. The fourth-order valence-electron chi connectivity index (χ4n) is 14.2. The van der Waals surface area contributed by atoms with Crippen LogP contribution in [0.15, 0.2) is 36.0 Å². The number of likely N-dealkylation sites (tertiary alicyclic amines) is 1. The molecule has 9 atom stereocenters. The first kappa shape index (κ1) is 54.3. The molecular formula is C59H103NO6. The van der Waals surface area contributed by atoms with Crippen molar-refractivity contribution >= 4 is 0 Å². The molecule has 0 N–H and O–H groups in total. The van der Waals surface area contributed by atoms with Gasteiger partial charge in [0.15, 0.2) is 5.79 Å². The van der Waals surface area contributed by atoms with Gasteiger partial charge in [0.25, 0.3) is 0 Å². The molecule has 4 unspecified atom stereocenters. The number of piperidine rings is 1. The summed E-state index contributed by atoms with van der Waals surface area (Å²) in [5.74, 6) is 4.96. The summed E-state index contributed by atoms with van der Waals surface area (Å²) in [5.41, 5.74) is 2.65. The van der Waals surface area contributed by atoms with E-state index in [1.54, 1.807) is 5.57 Å². The van der Waals surface area contributed by atoms with Crippen LogP contribution >= 0.6 is 0 Å². The number of nitrogens with zero attached hydrogens (tertiary/aromatic N) is 1. The normalized spacial score (nSPS) is 30.9. The van der Waals surface area contributed by atoms with Crippen LogP contribution < -0.4 is 0 Å². The molecule has 7 heteroatoms. The number of hydrogen-bond donors (Lipinski definition) is 0. The third kappa shape index (κ3) is 16.2. The standard InChI is InChI=1S/C59H103NO6/c1-7-8-9-10-11-12-13-14-15-16-17-18-19-20-21-22-38-62-47-52(46-60-36-34-59(35-37-60)65-43-44-66-59)64-42-40-61-39-41-63-51-30-32-57(5)50(45-51)26-27-53-55-29-28-54(49(4)25-23-24-48(2)3)58(55,6)33-31-56(53)57/h11-12,14-15,26,48-49,51-56H,7-10,13,16-25,27-47H2,1-6H3/b12-11-,15-14-/t49-,51+,52?,53?,54-,55?,56?,57+,58-/m1/s1. The molecule has 0 aromatic rings. The largest absolute Gasteiger partial charge is 0.379 e. The second-order valence-electron chi connectivity index (χ2n) is 23.2. The maximum atomic E-state index is 6.54. The van der Waals surface area contributed by atoms with Crippen LogP contribution in [0.2, 0.25) is 0 Å². The molecule has 4 aliphatic carbocycles. The lowest BCUT2D eigenvalue weighted by atomic mass is 9.47. The number of rotatable bonds is 32. The van der Waals surface area contributed by atoms with E-state index in [0.29, 0.717) is 50.0 Å². The Bertz CT molecular complexity index is 1410. The monoisotopic (exact) mass is 922 g/mol. The van der Waals surface area contributed by atoms with E-state index >= 15 is 0 Å². The Kier molecular flexibility index (Phi) is 23.6. The molecule has 0 bridgehead atoms. The van der Waals surface area contributed by atoms with Gasteiger partial charge in [-0.05, 0) is 136 Å². The minimum atomic E-state index is -0.350. The molecule has 7 nitrogen and oxygen atoms in total. The zero-order valence-corrected chi connectivity index (χ0v) is 43.9. The highest BCUT2D eigenvalue weighted by Gasteiger charge is 2.59. The second-order valence-corrected chi connectivity index (χ2v) is 23.2. The lowest BCUT2D eigenvalue weighted by Crippen LogP contribution is -2.51. The molecule has 0 aromatic carbocycles. The topological polar surface area (TPSA) is 58.6 Å². The summed E-state index contributed by atoms with van der Waals surface area (Å²) >= 11 is 0. The van der Waals surface area contributed by atoms with E-state index in [9.17, 15) is 0 Å². The zero-order valence-electron chi connectivity index (χ0n) is 43.9. The third-order valence-corrected chi connectivity index (χ3v) is 18.1. The second kappa shape index (κ2) is 28.7. The van der Waals surface area contributed by atoms with E-state index in [1.807, 2.05) is 0 Å². The fraction of sp³-hybridized carbons (Fsp3) is 0.898. The Labute approximate surface area is 406 Å². The van der Waals surface area contributed by atoms with Crippen molar-refractivity contribution in [2.75, 3.05) is 72.5 Å². The van der Waals surface area contributed by atoms with Crippen LogP contribution in [0.4, 0.5) is 0 Å². The van der Waals surface area contributed by atoms with Crippen molar-refractivity contribution in [2.24, 2.45) is 46.3 Å². The van der Waals surface area contributed by atoms with Crippen molar-refractivity contribution in [2.45, 2.75) is 220 Å². The molecule has 66 heavy (non-hydrogen) atoms. The molecule has 0 amide bonds. The number of fused-ring (bicyclic) bond motifs is 5. The number of unbranched alkanes of at least 4 members (excludes halogenated alkanes) is 9. The number of ether oxygens (including phenoxy) is 6. The number of allylic oxidation sites excluding steroid dienone is 5. The van der Waals surface area contributed by atoms with Crippen molar-refractivity contribution in [1.29, 1.82) is 0 Å². The first-order valence-corrected chi connectivity index (χ1v) is 28.5. The summed E-state index contributed by atoms with van der Waals surface area (Å²) in [4.78, 5) is 2.50. The molecule has 3 saturated carbocycles. The van der Waals surface area contributed by atoms with E-state index in [0.717, 1.165) is 107 Å². The molecule has 0 aromatic heterocycles. The molecule has 2 saturated heterocycles. The summed E-state index contributed by atoms with van der Waals surface area (Å²) in [6.45, 7) is 23.2. The van der Waals surface area contributed by atoms with Crippen LogP contribution in [0.25, 0.3) is 0 Å². The van der Waals surface area contributed by atoms with Gasteiger partial charge in [-0.3, -0.25) is 0 Å². The summed E-state index contributed by atoms with van der Waals surface area (Å²) < 4.78 is 37.4. The highest BCUT2D eigenvalue weighted by molar-refractivity contribution is 5.25. The Morgan fingerprint density at radius 3 is 2.20 bits per heavy atom. The fourth-order valence-corrected chi connectivity index (χ4v) is 14.2. The zero-order chi connectivity index (χ0) is 46.5. The highest BCUT2D eigenvalue weighted by Crippen LogP contribution is 2.67. The highest BCUT2D eigenvalue weighted by atomic mass is 16.7. The van der Waals surface area contributed by atoms with Crippen LogP contribution in [0.3, 0.4) is 0 Å². The molecule has 2 aliphatic heterocycles. The lowest BCUT2D eigenvalue weighted by Gasteiger charge is -2.58. The van der Waals surface area contributed by atoms with Gasteiger partial charge in [-0.15, -0.1) is 0 Å². The molecule has 1 spiro atoms. The van der Waals surface area contributed by atoms with Crippen molar-refractivity contribution in [3.05, 3.63) is 36.0 Å². The van der Waals surface area contributed by atoms with Gasteiger partial charge in [-0.1, -0.05) is 135 Å². The van der Waals surface area contributed by atoms with Gasteiger partial charge in [0.05, 0.1) is 58.5 Å². The van der Waals surface area contributed by atoms with E-state index in [1.165, 1.54) is 128 Å². The predicted octanol–water partition coefficient (Wildman–Crippen LogP) is 14.5. The summed E-state index contributed by atoms with van der Waals surface area (Å²) in [6.07, 6.45) is 44.4. The maximum absolute atomic E-state index is 6.54. The van der Waals surface area contributed by atoms with E-state index in [2.05, 4.69) is 76.8 Å². The molecule has 380 valence electrons. The van der Waals surface area contributed by atoms with Gasteiger partial charge < -0.3 is 33.3 Å². The lowest BCUT2D eigenvalue weighted by molar-refractivity contribution is -0.187. The average Bonchev–Trinajstić information content (AvgIpc) is 3.92. The quantitative estimate of drug-likeness (QED) is 0.0492. The van der Waals surface area contributed by atoms with Crippen molar-refractivity contribution in [3.63, 3.8) is 0 Å². The first-order chi connectivity index (χ1) is 32.2. The Balaban J connectivity index is 0.834.